The van der Waals surface area contributed by atoms with Crippen molar-refractivity contribution in [1.82, 2.24) is 59.6 Å². The number of aromatic nitrogens is 9. The summed E-state index contributed by atoms with van der Waals surface area (Å²) >= 11 is 22.5. The Kier molecular flexibility index (Phi) is 50.9. The molecule has 0 saturated carbocycles. The summed E-state index contributed by atoms with van der Waals surface area (Å²) in [4.78, 5) is 79.7. The number of carbonyl (C=O) groups excluding carboxylic acids is 3. The van der Waals surface area contributed by atoms with Gasteiger partial charge in [-0.2, -0.15) is 10.5 Å². The topological polar surface area (TPSA) is 423 Å². The minimum atomic E-state index is -0.292. The Morgan fingerprint density at radius 2 is 0.864 bits per heavy atom. The van der Waals surface area contributed by atoms with Gasteiger partial charge in [-0.1, -0.05) is 76.3 Å². The molecule has 132 heavy (non-hydrogen) atoms. The summed E-state index contributed by atoms with van der Waals surface area (Å²) in [6.07, 6.45) is 14.5. The van der Waals surface area contributed by atoms with Crippen LogP contribution in [0.1, 0.15) is 143 Å². The Morgan fingerprint density at radius 1 is 0.485 bits per heavy atom. The normalized spacial score (nSPS) is 11.7. The molecule has 0 atom stereocenters. The fourth-order valence-electron chi connectivity index (χ4n) is 12.1. The molecular weight excluding hydrogens is 2220 g/mol. The van der Waals surface area contributed by atoms with Gasteiger partial charge in [-0.15, -0.1) is 12.4 Å². The SMILES string of the molecule is CC.CC.CC.COc1cc(C(=O)N(C)CCO)cnc1-c1cc2ncc(C)c(-c3ccc(OC4CCOCC4)c(C#N)n3)c2o1.COc1cc(C(=O)N(C)CCO)cnc1-c1cc2ncc(C)c(Cl)c2o1.Cc1cc(C(=O)N(C)CCO)cnc1I.Cc1cc2ncc(C)c(Cl)c2o1.Cc1cnc2cc(I)oc2c1Cl.Cl.N#Cc1nc(O[B]O)ccc1OC1CCOCC1.[SnH].[SnH]. The van der Waals surface area contributed by atoms with Crippen molar-refractivity contribution in [1.29, 1.82) is 10.5 Å². The van der Waals surface area contributed by atoms with Crippen molar-refractivity contribution in [3.63, 3.8) is 0 Å². The molecule has 3 amide bonds. The molecule has 2 fully saturated rings. The molecule has 15 rings (SSSR count). The van der Waals surface area contributed by atoms with Crippen molar-refractivity contribution >= 4 is 210 Å². The molecule has 32 nitrogen and oxygen atoms in total. The number of furan rings is 4. The molecule has 13 aromatic heterocycles. The van der Waals surface area contributed by atoms with Crippen LogP contribution in [-0.2, 0) is 9.47 Å². The predicted molar refractivity (Wildman–Crippen MR) is 531 cm³/mol. The van der Waals surface area contributed by atoms with Crippen molar-refractivity contribution in [3.05, 3.63) is 194 Å². The molecule has 2 aliphatic rings. The van der Waals surface area contributed by atoms with Gasteiger partial charge >= 0.3 is 55.5 Å². The van der Waals surface area contributed by atoms with Gasteiger partial charge < -0.3 is 85.8 Å². The molecule has 4 N–H and O–H groups in total. The second-order valence-electron chi connectivity index (χ2n) is 27.6. The van der Waals surface area contributed by atoms with Gasteiger partial charge in [0.1, 0.15) is 78.8 Å². The first-order valence-corrected chi connectivity index (χ1v) is 44.3. The average Bonchev–Trinajstić information content (AvgIpc) is 1.57. The first-order chi connectivity index (χ1) is 62.1. The summed E-state index contributed by atoms with van der Waals surface area (Å²) in [5, 5.41) is 56.0. The van der Waals surface area contributed by atoms with Crippen LogP contribution in [0, 0.1) is 71.7 Å². The molecule has 0 spiro atoms. The van der Waals surface area contributed by atoms with E-state index in [2.05, 4.69) is 101 Å². The molecule has 15 heterocycles. The van der Waals surface area contributed by atoms with Crippen LogP contribution in [0.5, 0.6) is 28.9 Å². The molecular formula is C91H106BCl4I2N14O18Sn2. The third-order valence-corrected chi connectivity index (χ3v) is 21.8. The zero-order valence-electron chi connectivity index (χ0n) is 76.2. The Bertz CT molecular complexity index is 5930. The minimum absolute atomic E-state index is 0. The van der Waals surface area contributed by atoms with E-state index in [0.29, 0.717) is 163 Å². The van der Waals surface area contributed by atoms with E-state index in [1.807, 2.05) is 113 Å². The van der Waals surface area contributed by atoms with E-state index in [1.165, 1.54) is 47.4 Å². The number of ether oxygens (including phenoxy) is 6. The Hall–Kier alpha value is -9.06. The van der Waals surface area contributed by atoms with E-state index >= 15 is 0 Å². The van der Waals surface area contributed by atoms with Crippen LogP contribution in [-0.4, -0.2) is 267 Å². The van der Waals surface area contributed by atoms with E-state index in [1.54, 1.807) is 88.5 Å². The number of rotatable bonds is 20. The zero-order valence-corrected chi connectivity index (χ0v) is 90.2. The number of nitriles is 2. The Balaban J connectivity index is 0.000000345. The van der Waals surface area contributed by atoms with Gasteiger partial charge in [-0.25, -0.2) is 24.9 Å². The number of nitrogens with zero attached hydrogens (tertiary/aromatic N) is 14. The van der Waals surface area contributed by atoms with Gasteiger partial charge in [-0.05, 0) is 151 Å². The van der Waals surface area contributed by atoms with Crippen LogP contribution < -0.4 is 23.6 Å². The molecule has 0 aromatic carbocycles. The Labute approximate surface area is 849 Å². The van der Waals surface area contributed by atoms with Crippen LogP contribution in [0.4, 0.5) is 0 Å². The van der Waals surface area contributed by atoms with Crippen LogP contribution in [0.2, 0.25) is 15.1 Å². The van der Waals surface area contributed by atoms with E-state index in [0.717, 1.165) is 77.8 Å². The average molecular weight is 2330 g/mol. The maximum atomic E-state index is 12.7. The molecule has 13 aromatic rings. The van der Waals surface area contributed by atoms with Crippen molar-refractivity contribution in [2.75, 3.05) is 101 Å². The third kappa shape index (κ3) is 31.3. The number of amides is 3. The van der Waals surface area contributed by atoms with E-state index < -0.39 is 0 Å². The summed E-state index contributed by atoms with van der Waals surface area (Å²) in [7, 11) is 8.36. The van der Waals surface area contributed by atoms with E-state index in [4.69, 9.17) is 106 Å². The number of fused-ring (bicyclic) bond motifs is 4. The van der Waals surface area contributed by atoms with Crippen molar-refractivity contribution < 1.29 is 85.5 Å². The fraction of sp³-hybridized carbons (Fsp3) is 0.363. The predicted octanol–water partition coefficient (Wildman–Crippen LogP) is 16.9. The van der Waals surface area contributed by atoms with Crippen molar-refractivity contribution in [2.24, 2.45) is 0 Å². The number of hydrogen-bond acceptors (Lipinski definition) is 29. The van der Waals surface area contributed by atoms with Gasteiger partial charge in [0.05, 0.1) is 97.9 Å². The molecule has 2 aliphatic heterocycles. The van der Waals surface area contributed by atoms with E-state index in [9.17, 15) is 19.6 Å². The first-order valence-electron chi connectivity index (χ1n) is 41.0. The van der Waals surface area contributed by atoms with Gasteiger partial charge in [-0.3, -0.25) is 34.3 Å². The molecule has 0 unspecified atom stereocenters. The second kappa shape index (κ2) is 58.3. The number of methoxy groups -OCH3 is 2. The monoisotopic (exact) mass is 2330 g/mol. The molecule has 7 radical (unpaired) electrons. The van der Waals surface area contributed by atoms with Crippen LogP contribution in [0.15, 0.2) is 128 Å². The van der Waals surface area contributed by atoms with Crippen LogP contribution in [0.25, 0.3) is 78.6 Å². The number of halogens is 6. The number of hydrogen-bond donors (Lipinski definition) is 4. The molecule has 701 valence electrons. The van der Waals surface area contributed by atoms with Gasteiger partial charge in [0, 0.05) is 146 Å². The number of aliphatic hydroxyl groups is 3. The van der Waals surface area contributed by atoms with Gasteiger partial charge in [0.25, 0.3) is 17.7 Å². The molecule has 41 heteroatoms. The standard InChI is InChI=1S/C29H29N5O6.C18H18ClN3O4.C11H12BN2O4.C10H13IN2O2.C9H8ClNO.C8H5ClINO.3C2H6.ClH.2Sn.2H/c1-17-15-31-21-13-25(27-24(37-3)12-18(16-32-27)29(36)34(2)8-9-35)40-28(21)26(17)20-4-5-23(22(14-30)33-20)39-19-6-10-38-11-7-19;1-10-8-20-12-7-14(26-17(12)15(10)19)16-13(25-3)6-11(9-21-16)18(24)22(2)4-5-23;13-7-9-10(1-2-11(14-9)18-12-15)17-8-3-5-16-6-4-8;1-7-5-8(6-12-9(7)11)10(15)13(2)3-4-14;1-5-4-11-7-3-6(2)12-9(7)8(5)10;1-4-3-11-5-2-6(10)12-8(5)7(4)9;3*1-2;;;;;/h4-5,12-13,15-16,19,35H,6-11H2,1-3H3;6-9,23H,4-5H2,1-3H3;1-2,8,15H,3-6H2;5-6,14H,3-4H2,1-2H3;3-4H,1-2H3;2-3H,1H3;3*1-2H3;1H;;;;. The molecule has 0 bridgehead atoms. The first kappa shape index (κ1) is 115. The molecule has 0 aliphatic carbocycles. The summed E-state index contributed by atoms with van der Waals surface area (Å²) < 4.78 is 62.6. The van der Waals surface area contributed by atoms with Gasteiger partial charge in [0.2, 0.25) is 0 Å². The Morgan fingerprint density at radius 3 is 1.29 bits per heavy atom. The van der Waals surface area contributed by atoms with Crippen molar-refractivity contribution in [3.8, 4) is 75.2 Å². The summed E-state index contributed by atoms with van der Waals surface area (Å²) in [6.45, 7) is 26.4. The quantitative estimate of drug-likeness (QED) is 0.0313. The van der Waals surface area contributed by atoms with E-state index in [-0.39, 0.29) is 140 Å². The fourth-order valence-corrected chi connectivity index (χ4v) is 13.5. The number of aliphatic hydroxyl groups excluding tert-OH is 3. The summed E-state index contributed by atoms with van der Waals surface area (Å²) in [6, 6.07) is 23.0. The second-order valence-corrected chi connectivity index (χ2v) is 30.9. The summed E-state index contributed by atoms with van der Waals surface area (Å²) in [5.41, 5.74) is 13.3. The maximum absolute atomic E-state index is 12.7. The van der Waals surface area contributed by atoms with Gasteiger partial charge in [0.15, 0.2) is 66.4 Å². The number of likely N-dealkylation sites (N-methyl/N-ethyl adjacent to an activating group) is 3. The molecule has 2 saturated heterocycles. The van der Waals surface area contributed by atoms with Crippen LogP contribution in [0.3, 0.4) is 0 Å². The van der Waals surface area contributed by atoms with Crippen molar-refractivity contribution in [2.45, 2.75) is 121 Å². The van der Waals surface area contributed by atoms with Crippen LogP contribution >= 0.6 is 92.4 Å². The number of carbonyl (C=O) groups is 3. The number of aryl methyl sites for hydroxylation is 6. The zero-order chi connectivity index (χ0) is 94.7. The summed E-state index contributed by atoms with van der Waals surface area (Å²) in [5.74, 6) is 2.76. The third-order valence-electron chi connectivity index (χ3n) is 18.8. The number of pyridine rings is 9.